The van der Waals surface area contributed by atoms with Crippen LogP contribution in [0.25, 0.3) is 0 Å². The number of rotatable bonds is 4. The molecule has 14 heavy (non-hydrogen) atoms. The Balaban J connectivity index is 2.62. The first-order chi connectivity index (χ1) is 6.64. The second-order valence-electron chi connectivity index (χ2n) is 4.02. The van der Waals surface area contributed by atoms with Gasteiger partial charge in [0.2, 0.25) is 0 Å². The van der Waals surface area contributed by atoms with Crippen LogP contribution in [0.3, 0.4) is 0 Å². The predicted molar refractivity (Wildman–Crippen MR) is 53.0 cm³/mol. The van der Waals surface area contributed by atoms with E-state index in [0.717, 1.165) is 6.54 Å². The van der Waals surface area contributed by atoms with E-state index in [4.69, 9.17) is 9.47 Å². The Morgan fingerprint density at radius 1 is 1.64 bits per heavy atom. The molecule has 0 aromatic heterocycles. The van der Waals surface area contributed by atoms with Crippen LogP contribution in [-0.4, -0.2) is 39.4 Å². The fourth-order valence-electron chi connectivity index (χ4n) is 1.96. The van der Waals surface area contributed by atoms with Gasteiger partial charge in [0.05, 0.1) is 19.1 Å². The molecule has 4 nitrogen and oxygen atoms in total. The van der Waals surface area contributed by atoms with Gasteiger partial charge in [-0.3, -0.25) is 4.79 Å². The van der Waals surface area contributed by atoms with E-state index in [0.29, 0.717) is 19.8 Å². The van der Waals surface area contributed by atoms with Gasteiger partial charge in [-0.1, -0.05) is 6.92 Å². The van der Waals surface area contributed by atoms with Crippen molar-refractivity contribution in [3.63, 3.8) is 0 Å². The topological polar surface area (TPSA) is 47.6 Å². The van der Waals surface area contributed by atoms with E-state index in [1.165, 1.54) is 0 Å². The molecule has 1 saturated heterocycles. The standard InChI is InChI=1S/C10H19NO3/c1-4-14-9(12)8-5-11-6-10(8,2)7-13-3/h8,11H,4-7H2,1-3H3. The molecule has 1 heterocycles. The summed E-state index contributed by atoms with van der Waals surface area (Å²) in [5.74, 6) is -0.195. The average Bonchev–Trinajstić information content (AvgIpc) is 2.48. The molecule has 1 aliphatic heterocycles. The van der Waals surface area contributed by atoms with E-state index in [1.54, 1.807) is 7.11 Å². The first-order valence-corrected chi connectivity index (χ1v) is 5.00. The maximum Gasteiger partial charge on any atom is 0.310 e. The number of hydrogen-bond acceptors (Lipinski definition) is 4. The Kier molecular flexibility index (Phi) is 3.89. The average molecular weight is 201 g/mol. The molecule has 0 radical (unpaired) electrons. The van der Waals surface area contributed by atoms with Crippen LogP contribution >= 0.6 is 0 Å². The number of carbonyl (C=O) groups excluding carboxylic acids is 1. The minimum absolute atomic E-state index is 0.0811. The molecule has 0 aromatic rings. The molecule has 82 valence electrons. The van der Waals surface area contributed by atoms with Crippen molar-refractivity contribution in [2.45, 2.75) is 13.8 Å². The summed E-state index contributed by atoms with van der Waals surface area (Å²) in [5, 5.41) is 3.21. The summed E-state index contributed by atoms with van der Waals surface area (Å²) in [6.07, 6.45) is 0. The van der Waals surface area contributed by atoms with Crippen molar-refractivity contribution in [2.75, 3.05) is 33.4 Å². The molecule has 1 N–H and O–H groups in total. The zero-order valence-electron chi connectivity index (χ0n) is 9.13. The SMILES string of the molecule is CCOC(=O)C1CNCC1(C)COC. The zero-order valence-corrected chi connectivity index (χ0v) is 9.13. The molecule has 0 spiro atoms. The van der Waals surface area contributed by atoms with Gasteiger partial charge >= 0.3 is 5.97 Å². The number of nitrogens with one attached hydrogen (secondary N) is 1. The van der Waals surface area contributed by atoms with Crippen molar-refractivity contribution in [1.29, 1.82) is 0 Å². The van der Waals surface area contributed by atoms with Crippen LogP contribution in [0.1, 0.15) is 13.8 Å². The lowest BCUT2D eigenvalue weighted by molar-refractivity contribution is -0.151. The summed E-state index contributed by atoms with van der Waals surface area (Å²) in [7, 11) is 1.66. The highest BCUT2D eigenvalue weighted by Crippen LogP contribution is 2.32. The Morgan fingerprint density at radius 2 is 2.36 bits per heavy atom. The lowest BCUT2D eigenvalue weighted by Gasteiger charge is -2.27. The number of hydrogen-bond donors (Lipinski definition) is 1. The smallest absolute Gasteiger partial charge is 0.310 e. The minimum atomic E-state index is -0.124. The third kappa shape index (κ3) is 2.25. The highest BCUT2D eigenvalue weighted by molar-refractivity contribution is 5.74. The second-order valence-corrected chi connectivity index (χ2v) is 4.02. The van der Waals surface area contributed by atoms with Gasteiger partial charge < -0.3 is 14.8 Å². The molecular formula is C10H19NO3. The van der Waals surface area contributed by atoms with E-state index in [1.807, 2.05) is 6.92 Å². The molecule has 0 aliphatic carbocycles. The third-order valence-electron chi connectivity index (χ3n) is 2.76. The molecule has 2 unspecified atom stereocenters. The fourth-order valence-corrected chi connectivity index (χ4v) is 1.96. The third-order valence-corrected chi connectivity index (χ3v) is 2.76. The molecule has 1 rings (SSSR count). The molecular weight excluding hydrogens is 182 g/mol. The van der Waals surface area contributed by atoms with E-state index < -0.39 is 0 Å². The van der Waals surface area contributed by atoms with Gasteiger partial charge in [-0.2, -0.15) is 0 Å². The maximum atomic E-state index is 11.6. The van der Waals surface area contributed by atoms with Crippen molar-refractivity contribution in [2.24, 2.45) is 11.3 Å². The Bertz CT molecular complexity index is 208. The van der Waals surface area contributed by atoms with Gasteiger partial charge in [0.25, 0.3) is 0 Å². The lowest BCUT2D eigenvalue weighted by atomic mass is 9.81. The molecule has 4 heteroatoms. The van der Waals surface area contributed by atoms with E-state index in [-0.39, 0.29) is 17.3 Å². The first kappa shape index (κ1) is 11.5. The van der Waals surface area contributed by atoms with Gasteiger partial charge in [0, 0.05) is 25.6 Å². The molecule has 2 atom stereocenters. The normalized spacial score (nSPS) is 31.8. The second kappa shape index (κ2) is 4.75. The lowest BCUT2D eigenvalue weighted by Crippen LogP contribution is -2.37. The number of esters is 1. The van der Waals surface area contributed by atoms with Gasteiger partial charge in [-0.25, -0.2) is 0 Å². The summed E-state index contributed by atoms with van der Waals surface area (Å²) in [6.45, 7) is 6.41. The van der Waals surface area contributed by atoms with Crippen LogP contribution in [0, 0.1) is 11.3 Å². The van der Waals surface area contributed by atoms with Gasteiger partial charge in [0.15, 0.2) is 0 Å². The molecule has 1 aliphatic rings. The van der Waals surface area contributed by atoms with Crippen LogP contribution in [-0.2, 0) is 14.3 Å². The summed E-state index contributed by atoms with van der Waals surface area (Å²) in [5.41, 5.74) is -0.124. The summed E-state index contributed by atoms with van der Waals surface area (Å²) >= 11 is 0. The van der Waals surface area contributed by atoms with E-state index in [2.05, 4.69) is 12.2 Å². The van der Waals surface area contributed by atoms with Crippen molar-refractivity contribution >= 4 is 5.97 Å². The first-order valence-electron chi connectivity index (χ1n) is 5.00. The van der Waals surface area contributed by atoms with Crippen molar-refractivity contribution < 1.29 is 14.3 Å². The predicted octanol–water partition coefficient (Wildman–Crippen LogP) is 0.422. The summed E-state index contributed by atoms with van der Waals surface area (Å²) < 4.78 is 10.2. The van der Waals surface area contributed by atoms with E-state index in [9.17, 15) is 4.79 Å². The van der Waals surface area contributed by atoms with Gasteiger partial charge in [-0.05, 0) is 6.92 Å². The van der Waals surface area contributed by atoms with E-state index >= 15 is 0 Å². The van der Waals surface area contributed by atoms with Crippen molar-refractivity contribution in [1.82, 2.24) is 5.32 Å². The molecule has 1 fully saturated rings. The Morgan fingerprint density at radius 3 is 2.93 bits per heavy atom. The number of methoxy groups -OCH3 is 1. The van der Waals surface area contributed by atoms with Crippen LogP contribution in [0.2, 0.25) is 0 Å². The largest absolute Gasteiger partial charge is 0.466 e. The van der Waals surface area contributed by atoms with Crippen LogP contribution < -0.4 is 5.32 Å². The van der Waals surface area contributed by atoms with Gasteiger partial charge in [-0.15, -0.1) is 0 Å². The Labute approximate surface area is 85.0 Å². The highest BCUT2D eigenvalue weighted by Gasteiger charge is 2.44. The highest BCUT2D eigenvalue weighted by atomic mass is 16.5. The molecule has 0 amide bonds. The Hall–Kier alpha value is -0.610. The summed E-state index contributed by atoms with van der Waals surface area (Å²) in [6, 6.07) is 0. The summed E-state index contributed by atoms with van der Waals surface area (Å²) in [4.78, 5) is 11.6. The molecule has 0 aromatic carbocycles. The van der Waals surface area contributed by atoms with Crippen LogP contribution in [0.15, 0.2) is 0 Å². The fraction of sp³-hybridized carbons (Fsp3) is 0.900. The minimum Gasteiger partial charge on any atom is -0.466 e. The molecule has 0 bridgehead atoms. The number of carbonyl (C=O) groups is 1. The quantitative estimate of drug-likeness (QED) is 0.670. The zero-order chi connectivity index (χ0) is 10.6. The van der Waals surface area contributed by atoms with Crippen LogP contribution in [0.4, 0.5) is 0 Å². The van der Waals surface area contributed by atoms with Crippen molar-refractivity contribution in [3.05, 3.63) is 0 Å². The van der Waals surface area contributed by atoms with Crippen molar-refractivity contribution in [3.8, 4) is 0 Å². The van der Waals surface area contributed by atoms with Gasteiger partial charge in [0.1, 0.15) is 0 Å². The number of ether oxygens (including phenoxy) is 2. The molecule has 0 saturated carbocycles. The monoisotopic (exact) mass is 201 g/mol. The maximum absolute atomic E-state index is 11.6. The van der Waals surface area contributed by atoms with Crippen LogP contribution in [0.5, 0.6) is 0 Å².